The molecular weight excluding hydrogens is 240 g/mol. The normalized spacial score (nSPS) is 12.4. The molecule has 0 aliphatic rings. The molecule has 1 heterocycles. The first-order chi connectivity index (χ1) is 9.13. The van der Waals surface area contributed by atoms with E-state index in [-0.39, 0.29) is 11.9 Å². The van der Waals surface area contributed by atoms with E-state index in [1.165, 1.54) is 0 Å². The van der Waals surface area contributed by atoms with Gasteiger partial charge in [0.25, 0.3) is 5.91 Å². The van der Waals surface area contributed by atoms with Crippen molar-refractivity contribution in [2.75, 3.05) is 13.6 Å². The number of hydrogen-bond donors (Lipinski definition) is 1. The molecule has 1 atom stereocenters. The molecule has 5 heteroatoms. The second kappa shape index (κ2) is 5.75. The Morgan fingerprint density at radius 2 is 2.00 bits per heavy atom. The molecule has 19 heavy (non-hydrogen) atoms. The highest BCUT2D eigenvalue weighted by Crippen LogP contribution is 2.14. The predicted octanol–water partition coefficient (Wildman–Crippen LogP) is 1.44. The Kier molecular flexibility index (Phi) is 4.06. The molecule has 0 bridgehead atoms. The van der Waals surface area contributed by atoms with E-state index in [4.69, 9.17) is 5.73 Å². The Hall–Kier alpha value is -2.01. The zero-order valence-corrected chi connectivity index (χ0v) is 11.2. The minimum atomic E-state index is -0.0199. The summed E-state index contributed by atoms with van der Waals surface area (Å²) in [5.41, 5.74) is 7.67. The number of carbonyl (C=O) groups excluding carboxylic acids is 1. The van der Waals surface area contributed by atoms with E-state index in [2.05, 4.69) is 9.97 Å². The van der Waals surface area contributed by atoms with Crippen LogP contribution in [0.25, 0.3) is 11.0 Å². The van der Waals surface area contributed by atoms with Gasteiger partial charge >= 0.3 is 0 Å². The summed E-state index contributed by atoms with van der Waals surface area (Å²) in [6.45, 7) is 2.56. The van der Waals surface area contributed by atoms with Gasteiger partial charge in [0.1, 0.15) is 0 Å². The zero-order valence-electron chi connectivity index (χ0n) is 11.2. The first-order valence-corrected chi connectivity index (χ1v) is 6.31. The first-order valence-electron chi connectivity index (χ1n) is 6.31. The van der Waals surface area contributed by atoms with Crippen molar-refractivity contribution in [2.45, 2.75) is 19.4 Å². The zero-order chi connectivity index (χ0) is 13.8. The molecule has 0 saturated heterocycles. The van der Waals surface area contributed by atoms with Crippen LogP contribution in [-0.2, 0) is 0 Å². The van der Waals surface area contributed by atoms with Gasteiger partial charge in [-0.25, -0.2) is 0 Å². The summed E-state index contributed by atoms with van der Waals surface area (Å²) in [4.78, 5) is 22.5. The molecule has 1 amide bonds. The molecular formula is C14H18N4O. The van der Waals surface area contributed by atoms with Crippen molar-refractivity contribution < 1.29 is 4.79 Å². The summed E-state index contributed by atoms with van der Waals surface area (Å²) >= 11 is 0. The Balaban J connectivity index is 2.26. The van der Waals surface area contributed by atoms with E-state index < -0.39 is 0 Å². The number of carbonyl (C=O) groups is 1. The third kappa shape index (κ3) is 2.88. The maximum atomic E-state index is 12.3. The van der Waals surface area contributed by atoms with Gasteiger partial charge in [0.15, 0.2) is 0 Å². The van der Waals surface area contributed by atoms with Crippen molar-refractivity contribution >= 4 is 16.9 Å². The second-order valence-corrected chi connectivity index (χ2v) is 4.60. The number of amides is 1. The third-order valence-electron chi connectivity index (χ3n) is 3.28. The molecule has 2 N–H and O–H groups in total. The topological polar surface area (TPSA) is 72.1 Å². The Morgan fingerprint density at radius 1 is 1.32 bits per heavy atom. The lowest BCUT2D eigenvalue weighted by molar-refractivity contribution is 0.0739. The van der Waals surface area contributed by atoms with Gasteiger partial charge in [0, 0.05) is 31.0 Å². The molecule has 0 radical (unpaired) electrons. The quantitative estimate of drug-likeness (QED) is 0.900. The second-order valence-electron chi connectivity index (χ2n) is 4.60. The van der Waals surface area contributed by atoms with Crippen LogP contribution in [0.2, 0.25) is 0 Å². The standard InChI is InChI=1S/C14H18N4O/c1-10(5-6-15)18(2)14(19)11-3-4-12-13(9-11)17-8-7-16-12/h3-4,7-10H,5-6,15H2,1-2H3. The minimum absolute atomic E-state index is 0.0199. The monoisotopic (exact) mass is 258 g/mol. The van der Waals surface area contributed by atoms with Gasteiger partial charge in [-0.2, -0.15) is 0 Å². The van der Waals surface area contributed by atoms with Crippen molar-refractivity contribution in [3.63, 3.8) is 0 Å². The molecule has 0 saturated carbocycles. The third-order valence-corrected chi connectivity index (χ3v) is 3.28. The number of fused-ring (bicyclic) bond motifs is 1. The van der Waals surface area contributed by atoms with Crippen LogP contribution in [0.1, 0.15) is 23.7 Å². The number of benzene rings is 1. The summed E-state index contributed by atoms with van der Waals surface area (Å²) < 4.78 is 0. The summed E-state index contributed by atoms with van der Waals surface area (Å²) in [5.74, 6) is -0.0199. The lowest BCUT2D eigenvalue weighted by atomic mass is 10.1. The average Bonchev–Trinajstić information content (AvgIpc) is 2.45. The molecule has 2 rings (SSSR count). The maximum absolute atomic E-state index is 12.3. The van der Waals surface area contributed by atoms with Crippen LogP contribution < -0.4 is 5.73 Å². The molecule has 2 aromatic rings. The fourth-order valence-electron chi connectivity index (χ4n) is 1.93. The van der Waals surface area contributed by atoms with Crippen LogP contribution in [0.4, 0.5) is 0 Å². The van der Waals surface area contributed by atoms with Crippen molar-refractivity contribution in [2.24, 2.45) is 5.73 Å². The minimum Gasteiger partial charge on any atom is -0.339 e. The summed E-state index contributed by atoms with van der Waals surface area (Å²) in [5, 5.41) is 0. The Bertz CT molecular complexity index is 584. The lowest BCUT2D eigenvalue weighted by Gasteiger charge is -2.24. The number of nitrogens with two attached hydrogens (primary N) is 1. The lowest BCUT2D eigenvalue weighted by Crippen LogP contribution is -2.36. The van der Waals surface area contributed by atoms with E-state index in [0.717, 1.165) is 17.5 Å². The SMILES string of the molecule is CC(CCN)N(C)C(=O)c1ccc2nccnc2c1. The van der Waals surface area contributed by atoms with Gasteiger partial charge in [0.2, 0.25) is 0 Å². The molecule has 1 aromatic heterocycles. The summed E-state index contributed by atoms with van der Waals surface area (Å²) in [6.07, 6.45) is 4.05. The van der Waals surface area contributed by atoms with Crippen LogP contribution in [0, 0.1) is 0 Å². The van der Waals surface area contributed by atoms with E-state index in [1.54, 1.807) is 36.5 Å². The molecule has 0 aliphatic heterocycles. The smallest absolute Gasteiger partial charge is 0.253 e. The highest BCUT2D eigenvalue weighted by molar-refractivity contribution is 5.97. The van der Waals surface area contributed by atoms with Crippen LogP contribution in [0.15, 0.2) is 30.6 Å². The van der Waals surface area contributed by atoms with E-state index in [0.29, 0.717) is 12.1 Å². The number of hydrogen-bond acceptors (Lipinski definition) is 4. The average molecular weight is 258 g/mol. The molecule has 1 unspecified atom stereocenters. The molecule has 0 aliphatic carbocycles. The number of aromatic nitrogens is 2. The van der Waals surface area contributed by atoms with Crippen LogP contribution in [0.5, 0.6) is 0 Å². The largest absolute Gasteiger partial charge is 0.339 e. The van der Waals surface area contributed by atoms with E-state index in [9.17, 15) is 4.79 Å². The molecule has 1 aromatic carbocycles. The maximum Gasteiger partial charge on any atom is 0.253 e. The molecule has 0 fully saturated rings. The van der Waals surface area contributed by atoms with Gasteiger partial charge in [-0.3, -0.25) is 14.8 Å². The van der Waals surface area contributed by atoms with Gasteiger partial charge < -0.3 is 10.6 Å². The fraction of sp³-hybridized carbons (Fsp3) is 0.357. The highest BCUT2D eigenvalue weighted by Gasteiger charge is 2.17. The van der Waals surface area contributed by atoms with Gasteiger partial charge in [-0.1, -0.05) is 0 Å². The molecule has 0 spiro atoms. The van der Waals surface area contributed by atoms with Crippen LogP contribution in [-0.4, -0.2) is 40.4 Å². The van der Waals surface area contributed by atoms with E-state index >= 15 is 0 Å². The number of nitrogens with zero attached hydrogens (tertiary/aromatic N) is 3. The van der Waals surface area contributed by atoms with Crippen LogP contribution in [0.3, 0.4) is 0 Å². The predicted molar refractivity (Wildman–Crippen MR) is 74.8 cm³/mol. The van der Waals surface area contributed by atoms with E-state index in [1.807, 2.05) is 13.0 Å². The number of rotatable bonds is 4. The summed E-state index contributed by atoms with van der Waals surface area (Å²) in [7, 11) is 1.80. The summed E-state index contributed by atoms with van der Waals surface area (Å²) in [6, 6.07) is 5.49. The Morgan fingerprint density at radius 3 is 2.68 bits per heavy atom. The van der Waals surface area contributed by atoms with Crippen molar-refractivity contribution in [1.29, 1.82) is 0 Å². The van der Waals surface area contributed by atoms with Crippen molar-refractivity contribution in [1.82, 2.24) is 14.9 Å². The van der Waals surface area contributed by atoms with Crippen molar-refractivity contribution in [3.05, 3.63) is 36.2 Å². The molecule has 100 valence electrons. The van der Waals surface area contributed by atoms with Gasteiger partial charge in [-0.15, -0.1) is 0 Å². The van der Waals surface area contributed by atoms with Crippen LogP contribution >= 0.6 is 0 Å². The van der Waals surface area contributed by atoms with Crippen molar-refractivity contribution in [3.8, 4) is 0 Å². The van der Waals surface area contributed by atoms with Gasteiger partial charge in [-0.05, 0) is 38.1 Å². The fourth-order valence-corrected chi connectivity index (χ4v) is 1.93. The Labute approximate surface area is 112 Å². The first kappa shape index (κ1) is 13.4. The molecule has 5 nitrogen and oxygen atoms in total. The highest BCUT2D eigenvalue weighted by atomic mass is 16.2. The van der Waals surface area contributed by atoms with Gasteiger partial charge in [0.05, 0.1) is 11.0 Å².